The number of anilines is 2. The molecule has 0 aliphatic carbocycles. The molecule has 0 atom stereocenters. The second-order valence-corrected chi connectivity index (χ2v) is 8.23. The predicted molar refractivity (Wildman–Crippen MR) is 121 cm³/mol. The van der Waals surface area contributed by atoms with Gasteiger partial charge in [-0.05, 0) is 66.1 Å². The number of carbonyl (C=O) groups excluding carboxylic acids is 2. The van der Waals surface area contributed by atoms with Gasteiger partial charge in [-0.25, -0.2) is 0 Å². The summed E-state index contributed by atoms with van der Waals surface area (Å²) in [4.78, 5) is 27.9. The van der Waals surface area contributed by atoms with Crippen LogP contribution < -0.4 is 15.0 Å². The lowest BCUT2D eigenvalue weighted by atomic mass is 10.0. The summed E-state index contributed by atoms with van der Waals surface area (Å²) < 4.78 is 5.16. The van der Waals surface area contributed by atoms with Gasteiger partial charge < -0.3 is 15.0 Å². The first kappa shape index (κ1) is 20.2. The predicted octanol–water partition coefficient (Wildman–Crippen LogP) is 4.92. The lowest BCUT2D eigenvalue weighted by Gasteiger charge is -2.29. The Hall–Kier alpha value is -3.12. The van der Waals surface area contributed by atoms with Crippen molar-refractivity contribution in [3.05, 3.63) is 76.0 Å². The van der Waals surface area contributed by atoms with E-state index in [2.05, 4.69) is 5.32 Å². The maximum absolute atomic E-state index is 12.9. The molecule has 0 saturated heterocycles. The molecule has 30 heavy (non-hydrogen) atoms. The van der Waals surface area contributed by atoms with Gasteiger partial charge in [-0.3, -0.25) is 9.59 Å². The molecular formula is C24H24N2O3S. The van der Waals surface area contributed by atoms with Gasteiger partial charge >= 0.3 is 0 Å². The van der Waals surface area contributed by atoms with Crippen LogP contribution in [0.15, 0.2) is 60.0 Å². The van der Waals surface area contributed by atoms with Gasteiger partial charge in [0.2, 0.25) is 5.91 Å². The Bertz CT molecular complexity index is 1030. The van der Waals surface area contributed by atoms with E-state index in [4.69, 9.17) is 4.74 Å². The summed E-state index contributed by atoms with van der Waals surface area (Å²) in [5.74, 6) is 0.783. The van der Waals surface area contributed by atoms with Gasteiger partial charge in [0.05, 0.1) is 12.0 Å². The van der Waals surface area contributed by atoms with Crippen LogP contribution in [0.3, 0.4) is 0 Å². The standard InChI is InChI=1S/C24H24N2O3S/c1-29-20-11-6-17(7-12-20)8-13-23(27)25-19-10-9-18-4-2-14-26(21(18)16-19)24(28)22-5-3-15-30-22/h3,5-7,9-12,15-16H,2,4,8,13-14H2,1H3,(H,25,27). The van der Waals surface area contributed by atoms with Gasteiger partial charge in [-0.2, -0.15) is 0 Å². The van der Waals surface area contributed by atoms with Crippen LogP contribution in [0.1, 0.15) is 33.6 Å². The number of hydrogen-bond acceptors (Lipinski definition) is 4. The largest absolute Gasteiger partial charge is 0.497 e. The van der Waals surface area contributed by atoms with E-state index in [0.29, 0.717) is 19.4 Å². The molecule has 0 radical (unpaired) electrons. The van der Waals surface area contributed by atoms with Gasteiger partial charge in [0.1, 0.15) is 5.75 Å². The highest BCUT2D eigenvalue weighted by molar-refractivity contribution is 7.12. The number of hydrogen-bond donors (Lipinski definition) is 1. The second kappa shape index (κ2) is 9.13. The zero-order chi connectivity index (χ0) is 20.9. The quantitative estimate of drug-likeness (QED) is 0.616. The number of amides is 2. The second-order valence-electron chi connectivity index (χ2n) is 7.28. The molecule has 2 aromatic carbocycles. The maximum Gasteiger partial charge on any atom is 0.268 e. The summed E-state index contributed by atoms with van der Waals surface area (Å²) in [7, 11) is 1.64. The Balaban J connectivity index is 1.43. The number of nitrogens with zero attached hydrogens (tertiary/aromatic N) is 1. The van der Waals surface area contributed by atoms with Crippen molar-refractivity contribution in [3.8, 4) is 5.75 Å². The Morgan fingerprint density at radius 2 is 1.97 bits per heavy atom. The fraction of sp³-hybridized carbons (Fsp3) is 0.250. The molecule has 0 unspecified atom stereocenters. The van der Waals surface area contributed by atoms with E-state index in [1.54, 1.807) is 7.11 Å². The SMILES string of the molecule is COc1ccc(CCC(=O)Nc2ccc3c(c2)N(C(=O)c2cccs2)CCC3)cc1. The van der Waals surface area contributed by atoms with Crippen LogP contribution in [0.4, 0.5) is 11.4 Å². The van der Waals surface area contributed by atoms with Crippen LogP contribution in [-0.4, -0.2) is 25.5 Å². The number of carbonyl (C=O) groups is 2. The molecule has 5 nitrogen and oxygen atoms in total. The number of fused-ring (bicyclic) bond motifs is 1. The maximum atomic E-state index is 12.9. The van der Waals surface area contributed by atoms with Gasteiger partial charge in [0.25, 0.3) is 5.91 Å². The molecule has 3 aromatic rings. The van der Waals surface area contributed by atoms with Gasteiger partial charge in [0.15, 0.2) is 0 Å². The topological polar surface area (TPSA) is 58.6 Å². The lowest BCUT2D eigenvalue weighted by Crippen LogP contribution is -2.35. The first-order valence-electron chi connectivity index (χ1n) is 10.0. The van der Waals surface area contributed by atoms with E-state index >= 15 is 0 Å². The molecule has 1 N–H and O–H groups in total. The first-order valence-corrected chi connectivity index (χ1v) is 10.9. The van der Waals surface area contributed by atoms with Gasteiger partial charge in [-0.1, -0.05) is 24.3 Å². The molecule has 154 valence electrons. The van der Waals surface area contributed by atoms with Crippen LogP contribution in [0.5, 0.6) is 5.75 Å². The number of rotatable bonds is 6. The lowest BCUT2D eigenvalue weighted by molar-refractivity contribution is -0.116. The summed E-state index contributed by atoms with van der Waals surface area (Å²) in [6.07, 6.45) is 2.93. The highest BCUT2D eigenvalue weighted by Crippen LogP contribution is 2.32. The summed E-state index contributed by atoms with van der Waals surface area (Å²) >= 11 is 1.45. The van der Waals surface area contributed by atoms with E-state index in [1.165, 1.54) is 11.3 Å². The molecule has 4 rings (SSSR count). The van der Waals surface area contributed by atoms with Crippen LogP contribution in [0, 0.1) is 0 Å². The number of ether oxygens (including phenoxy) is 1. The van der Waals surface area contributed by atoms with Crippen molar-refractivity contribution in [1.29, 1.82) is 0 Å². The molecule has 0 bridgehead atoms. The Kier molecular flexibility index (Phi) is 6.14. The monoisotopic (exact) mass is 420 g/mol. The molecule has 1 aromatic heterocycles. The molecule has 1 aliphatic heterocycles. The zero-order valence-electron chi connectivity index (χ0n) is 16.9. The third kappa shape index (κ3) is 4.54. The van der Waals surface area contributed by atoms with E-state index in [-0.39, 0.29) is 11.8 Å². The fourth-order valence-corrected chi connectivity index (χ4v) is 4.34. The number of methoxy groups -OCH3 is 1. The Morgan fingerprint density at radius 3 is 2.70 bits per heavy atom. The highest BCUT2D eigenvalue weighted by Gasteiger charge is 2.24. The van der Waals surface area contributed by atoms with Crippen LogP contribution in [0.25, 0.3) is 0 Å². The number of benzene rings is 2. The zero-order valence-corrected chi connectivity index (χ0v) is 17.7. The van der Waals surface area contributed by atoms with Crippen molar-refractivity contribution in [3.63, 3.8) is 0 Å². The van der Waals surface area contributed by atoms with Crippen molar-refractivity contribution in [2.45, 2.75) is 25.7 Å². The fourth-order valence-electron chi connectivity index (χ4n) is 3.67. The molecule has 2 heterocycles. The molecule has 2 amide bonds. The number of aryl methyl sites for hydroxylation is 2. The van der Waals surface area contributed by atoms with Crippen molar-refractivity contribution < 1.29 is 14.3 Å². The average Bonchev–Trinajstić information content (AvgIpc) is 3.32. The molecule has 6 heteroatoms. The van der Waals surface area contributed by atoms with Crippen LogP contribution in [0.2, 0.25) is 0 Å². The number of nitrogens with one attached hydrogen (secondary N) is 1. The van der Waals surface area contributed by atoms with E-state index < -0.39 is 0 Å². The summed E-state index contributed by atoms with van der Waals surface area (Å²) in [6.45, 7) is 0.693. The van der Waals surface area contributed by atoms with Crippen LogP contribution >= 0.6 is 11.3 Å². The molecule has 0 saturated carbocycles. The molecule has 0 spiro atoms. The Morgan fingerprint density at radius 1 is 1.13 bits per heavy atom. The van der Waals surface area contributed by atoms with Crippen LogP contribution in [-0.2, 0) is 17.6 Å². The van der Waals surface area contributed by atoms with Crippen molar-refractivity contribution >= 4 is 34.5 Å². The summed E-state index contributed by atoms with van der Waals surface area (Å²) in [5.41, 5.74) is 3.85. The van der Waals surface area contributed by atoms with Gasteiger partial charge in [0, 0.05) is 24.3 Å². The summed E-state index contributed by atoms with van der Waals surface area (Å²) in [6, 6.07) is 17.3. The minimum absolute atomic E-state index is 0.0222. The third-order valence-corrected chi connectivity index (χ3v) is 6.12. The first-order chi connectivity index (χ1) is 14.6. The van der Waals surface area contributed by atoms with Crippen molar-refractivity contribution in [2.75, 3.05) is 23.9 Å². The van der Waals surface area contributed by atoms with E-state index in [9.17, 15) is 9.59 Å². The smallest absolute Gasteiger partial charge is 0.268 e. The minimum atomic E-state index is -0.0438. The Labute approximate surface area is 180 Å². The normalized spacial score (nSPS) is 12.9. The minimum Gasteiger partial charge on any atom is -0.497 e. The van der Waals surface area contributed by atoms with Crippen molar-refractivity contribution in [1.82, 2.24) is 0 Å². The average molecular weight is 421 g/mol. The number of thiophene rings is 1. The highest BCUT2D eigenvalue weighted by atomic mass is 32.1. The summed E-state index contributed by atoms with van der Waals surface area (Å²) in [5, 5.41) is 4.89. The van der Waals surface area contributed by atoms with E-state index in [1.807, 2.05) is 64.9 Å². The third-order valence-electron chi connectivity index (χ3n) is 5.26. The molecular weight excluding hydrogens is 396 g/mol. The molecule has 0 fully saturated rings. The van der Waals surface area contributed by atoms with Gasteiger partial charge in [-0.15, -0.1) is 11.3 Å². The molecule has 1 aliphatic rings. The van der Waals surface area contributed by atoms with Crippen molar-refractivity contribution in [2.24, 2.45) is 0 Å². The van der Waals surface area contributed by atoms with E-state index in [0.717, 1.165) is 46.0 Å².